The normalized spacial score (nSPS) is 30.5. The first-order valence-corrected chi connectivity index (χ1v) is 8.24. The lowest BCUT2D eigenvalue weighted by Crippen LogP contribution is -2.26. The third-order valence-electron chi connectivity index (χ3n) is 4.49. The number of rotatable bonds is 4. The van der Waals surface area contributed by atoms with Crippen LogP contribution in [0.4, 0.5) is 0 Å². The molecule has 0 aliphatic heterocycles. The largest absolute Gasteiger partial charge is 0.388 e. The molecule has 0 aromatic heterocycles. The first kappa shape index (κ1) is 17.0. The van der Waals surface area contributed by atoms with Gasteiger partial charge in [-0.1, -0.05) is 46.0 Å². The Hall–Kier alpha value is -0.0800. The van der Waals surface area contributed by atoms with E-state index in [0.29, 0.717) is 6.61 Å². The zero-order valence-corrected chi connectivity index (χ0v) is 13.5. The zero-order valence-electron chi connectivity index (χ0n) is 13.5. The van der Waals surface area contributed by atoms with Gasteiger partial charge in [-0.2, -0.15) is 0 Å². The second-order valence-corrected chi connectivity index (χ2v) is 7.13. The summed E-state index contributed by atoms with van der Waals surface area (Å²) in [6, 6.07) is 0. The summed E-state index contributed by atoms with van der Waals surface area (Å²) in [6.45, 7) is 9.16. The molecular weight excluding hydrogens is 236 g/mol. The van der Waals surface area contributed by atoms with Crippen molar-refractivity contribution in [3.63, 3.8) is 0 Å². The molecule has 3 atom stereocenters. The summed E-state index contributed by atoms with van der Waals surface area (Å²) in [5, 5.41) is 9.12. The molecule has 2 nitrogen and oxygen atoms in total. The lowest BCUT2D eigenvalue weighted by atomic mass is 9.75. The Morgan fingerprint density at radius 3 is 2.26 bits per heavy atom. The molecule has 2 rings (SSSR count). The van der Waals surface area contributed by atoms with Crippen molar-refractivity contribution in [2.75, 3.05) is 13.2 Å². The van der Waals surface area contributed by atoms with E-state index in [1.54, 1.807) is 33.1 Å². The van der Waals surface area contributed by atoms with E-state index in [0.717, 1.165) is 30.8 Å². The molecule has 1 N–H and O–H groups in total. The standard InChI is InChI=1S/C10H18.C7H16O2/c1-8-4-2-5-9-6-3-7-10(8)9;1-4-5-9-6-7(2,3)8/h8-10H,2-7H2,1H3;8H,4-6H2,1-3H3. The topological polar surface area (TPSA) is 29.5 Å². The molecular formula is C17H34O2. The van der Waals surface area contributed by atoms with Crippen LogP contribution >= 0.6 is 0 Å². The SMILES string of the molecule is CC1CCCC2CCCC12.CCCOCC(C)(C)O. The smallest absolute Gasteiger partial charge is 0.0824 e. The first-order valence-electron chi connectivity index (χ1n) is 8.24. The fourth-order valence-corrected chi connectivity index (χ4v) is 3.56. The van der Waals surface area contributed by atoms with Crippen LogP contribution in [-0.4, -0.2) is 23.9 Å². The summed E-state index contributed by atoms with van der Waals surface area (Å²) in [7, 11) is 0. The quantitative estimate of drug-likeness (QED) is 0.767. The van der Waals surface area contributed by atoms with E-state index in [-0.39, 0.29) is 0 Å². The Labute approximate surface area is 119 Å². The van der Waals surface area contributed by atoms with Crippen molar-refractivity contribution < 1.29 is 9.84 Å². The van der Waals surface area contributed by atoms with Gasteiger partial charge in [-0.15, -0.1) is 0 Å². The van der Waals surface area contributed by atoms with Crippen LogP contribution in [0.25, 0.3) is 0 Å². The second-order valence-electron chi connectivity index (χ2n) is 7.13. The molecule has 2 saturated carbocycles. The fraction of sp³-hybridized carbons (Fsp3) is 1.00. The van der Waals surface area contributed by atoms with Crippen LogP contribution in [0.15, 0.2) is 0 Å². The summed E-state index contributed by atoms with van der Waals surface area (Å²) in [5.74, 6) is 3.33. The maximum absolute atomic E-state index is 9.12. The highest BCUT2D eigenvalue weighted by Gasteiger charge is 2.33. The van der Waals surface area contributed by atoms with Crippen molar-refractivity contribution in [2.24, 2.45) is 17.8 Å². The van der Waals surface area contributed by atoms with Crippen LogP contribution in [0, 0.1) is 17.8 Å². The third kappa shape index (κ3) is 6.76. The van der Waals surface area contributed by atoms with Crippen molar-refractivity contribution in [3.05, 3.63) is 0 Å². The third-order valence-corrected chi connectivity index (χ3v) is 4.49. The average Bonchev–Trinajstić information content (AvgIpc) is 2.78. The van der Waals surface area contributed by atoms with Crippen molar-refractivity contribution in [3.8, 4) is 0 Å². The molecule has 3 unspecified atom stereocenters. The second kappa shape index (κ2) is 8.26. The lowest BCUT2D eigenvalue weighted by molar-refractivity contribution is -0.0204. The van der Waals surface area contributed by atoms with Crippen LogP contribution in [-0.2, 0) is 4.74 Å². The molecule has 19 heavy (non-hydrogen) atoms. The molecule has 0 aromatic carbocycles. The van der Waals surface area contributed by atoms with E-state index < -0.39 is 5.60 Å². The molecule has 0 bridgehead atoms. The Morgan fingerprint density at radius 1 is 1.11 bits per heavy atom. The van der Waals surface area contributed by atoms with Crippen molar-refractivity contribution in [2.45, 2.75) is 78.2 Å². The van der Waals surface area contributed by atoms with E-state index in [4.69, 9.17) is 9.84 Å². The van der Waals surface area contributed by atoms with Crippen molar-refractivity contribution >= 4 is 0 Å². The summed E-state index contributed by atoms with van der Waals surface area (Å²) >= 11 is 0. The van der Waals surface area contributed by atoms with E-state index in [9.17, 15) is 0 Å². The maximum Gasteiger partial charge on any atom is 0.0824 e. The van der Waals surface area contributed by atoms with Gasteiger partial charge in [0.05, 0.1) is 12.2 Å². The van der Waals surface area contributed by atoms with Crippen LogP contribution < -0.4 is 0 Å². The highest BCUT2D eigenvalue weighted by Crippen LogP contribution is 2.44. The van der Waals surface area contributed by atoms with Crippen LogP contribution in [0.1, 0.15) is 72.6 Å². The minimum absolute atomic E-state index is 0.431. The van der Waals surface area contributed by atoms with Gasteiger partial charge in [0.1, 0.15) is 0 Å². The highest BCUT2D eigenvalue weighted by molar-refractivity contribution is 4.84. The van der Waals surface area contributed by atoms with E-state index in [1.165, 1.54) is 19.3 Å². The van der Waals surface area contributed by atoms with Crippen LogP contribution in [0.3, 0.4) is 0 Å². The summed E-state index contributed by atoms with van der Waals surface area (Å²) in [5.41, 5.74) is -0.671. The molecule has 0 radical (unpaired) electrons. The molecule has 2 aliphatic rings. The Kier molecular flexibility index (Phi) is 7.38. The predicted octanol–water partition coefficient (Wildman–Crippen LogP) is 4.41. The molecule has 2 aliphatic carbocycles. The molecule has 0 amide bonds. The fourth-order valence-electron chi connectivity index (χ4n) is 3.56. The number of ether oxygens (including phenoxy) is 1. The molecule has 2 heteroatoms. The highest BCUT2D eigenvalue weighted by atomic mass is 16.5. The van der Waals surface area contributed by atoms with E-state index in [2.05, 4.69) is 6.92 Å². The average molecular weight is 270 g/mol. The van der Waals surface area contributed by atoms with Gasteiger partial charge >= 0.3 is 0 Å². The molecule has 0 heterocycles. The Morgan fingerprint density at radius 2 is 1.74 bits per heavy atom. The molecule has 114 valence electrons. The predicted molar refractivity (Wildman–Crippen MR) is 81.3 cm³/mol. The molecule has 0 aromatic rings. The summed E-state index contributed by atoms with van der Waals surface area (Å²) in [4.78, 5) is 0. The van der Waals surface area contributed by atoms with Gasteiger partial charge in [0, 0.05) is 6.61 Å². The van der Waals surface area contributed by atoms with Crippen molar-refractivity contribution in [1.82, 2.24) is 0 Å². The molecule has 2 fully saturated rings. The van der Waals surface area contributed by atoms with Gasteiger partial charge in [0.2, 0.25) is 0 Å². The maximum atomic E-state index is 9.12. The molecule has 0 saturated heterocycles. The zero-order chi connectivity index (χ0) is 14.3. The van der Waals surface area contributed by atoms with Gasteiger partial charge in [-0.05, 0) is 44.4 Å². The first-order chi connectivity index (χ1) is 8.94. The van der Waals surface area contributed by atoms with Gasteiger partial charge in [0.25, 0.3) is 0 Å². The monoisotopic (exact) mass is 270 g/mol. The number of hydrogen-bond donors (Lipinski definition) is 1. The summed E-state index contributed by atoms with van der Waals surface area (Å²) in [6.07, 6.45) is 10.2. The van der Waals surface area contributed by atoms with Crippen LogP contribution in [0.5, 0.6) is 0 Å². The Balaban J connectivity index is 0.000000192. The number of hydrogen-bond acceptors (Lipinski definition) is 2. The number of aliphatic hydroxyl groups is 1. The molecule has 0 spiro atoms. The summed E-state index contributed by atoms with van der Waals surface area (Å²) < 4.78 is 5.10. The van der Waals surface area contributed by atoms with E-state index in [1.807, 2.05) is 6.92 Å². The minimum atomic E-state index is -0.671. The van der Waals surface area contributed by atoms with Gasteiger partial charge in [0.15, 0.2) is 0 Å². The number of fused-ring (bicyclic) bond motifs is 1. The van der Waals surface area contributed by atoms with Gasteiger partial charge in [-0.25, -0.2) is 0 Å². The van der Waals surface area contributed by atoms with Gasteiger partial charge < -0.3 is 9.84 Å². The van der Waals surface area contributed by atoms with Crippen molar-refractivity contribution in [1.29, 1.82) is 0 Å². The minimum Gasteiger partial charge on any atom is -0.388 e. The Bertz CT molecular complexity index is 232. The van der Waals surface area contributed by atoms with Gasteiger partial charge in [-0.3, -0.25) is 0 Å². The van der Waals surface area contributed by atoms with Crippen LogP contribution in [0.2, 0.25) is 0 Å². The lowest BCUT2D eigenvalue weighted by Gasteiger charge is -2.31. The van der Waals surface area contributed by atoms with E-state index >= 15 is 0 Å².